The maximum Gasteiger partial charge on any atom is 0.0491 e. The van der Waals surface area contributed by atoms with E-state index in [4.69, 9.17) is 0 Å². The van der Waals surface area contributed by atoms with Gasteiger partial charge in [-0.15, -0.1) is 0 Å². The third kappa shape index (κ3) is 3.11. The smallest absolute Gasteiger partial charge is 0.0491 e. The van der Waals surface area contributed by atoms with E-state index in [9.17, 15) is 0 Å². The second kappa shape index (κ2) is 6.22. The lowest BCUT2D eigenvalue weighted by molar-refractivity contribution is 0.587. The van der Waals surface area contributed by atoms with Crippen molar-refractivity contribution in [3.8, 4) is 0 Å². The number of rotatable bonds is 6. The number of hydrogen-bond donors (Lipinski definition) is 1. The predicted molar refractivity (Wildman–Crippen MR) is 77.4 cm³/mol. The molecule has 0 fully saturated rings. The number of nitrogens with one attached hydrogen (secondary N) is 1. The van der Waals surface area contributed by atoms with Crippen molar-refractivity contribution in [1.29, 1.82) is 0 Å². The second-order valence-corrected chi connectivity index (χ2v) is 5.14. The Morgan fingerprint density at radius 1 is 1.24 bits per heavy atom. The van der Waals surface area contributed by atoms with Crippen LogP contribution in [-0.4, -0.2) is 17.7 Å². The van der Waals surface area contributed by atoms with Crippen LogP contribution in [0.5, 0.6) is 0 Å². The molecule has 1 heterocycles. The van der Waals surface area contributed by atoms with Crippen molar-refractivity contribution in [2.24, 2.45) is 0 Å². The second-order valence-electron chi connectivity index (χ2n) is 4.29. The van der Waals surface area contributed by atoms with Gasteiger partial charge in [0.05, 0.1) is 0 Å². The zero-order valence-corrected chi connectivity index (χ0v) is 11.8. The minimum absolute atomic E-state index is 1.08. The van der Waals surface area contributed by atoms with E-state index in [1.54, 1.807) is 0 Å². The standard InChI is InChI=1S/C14H19BrN2/c1-2-8-16-9-4-10-17-11-7-12-13(15)5-3-6-14(12)17/h3,5-7,11,16H,2,4,8-10H2,1H3. The Bertz CT molecular complexity index is 476. The molecule has 1 aromatic heterocycles. The van der Waals surface area contributed by atoms with Gasteiger partial charge in [-0.25, -0.2) is 0 Å². The van der Waals surface area contributed by atoms with Crippen LogP contribution in [0.2, 0.25) is 0 Å². The van der Waals surface area contributed by atoms with Gasteiger partial charge in [-0.1, -0.05) is 28.9 Å². The van der Waals surface area contributed by atoms with Crippen molar-refractivity contribution < 1.29 is 0 Å². The topological polar surface area (TPSA) is 17.0 Å². The summed E-state index contributed by atoms with van der Waals surface area (Å²) in [6.45, 7) is 5.50. The molecule has 0 radical (unpaired) electrons. The van der Waals surface area contributed by atoms with Crippen molar-refractivity contribution >= 4 is 26.8 Å². The van der Waals surface area contributed by atoms with Crippen LogP contribution in [0.15, 0.2) is 34.9 Å². The maximum atomic E-state index is 3.59. The summed E-state index contributed by atoms with van der Waals surface area (Å²) < 4.78 is 3.51. The summed E-state index contributed by atoms with van der Waals surface area (Å²) in [5.74, 6) is 0. The highest BCUT2D eigenvalue weighted by atomic mass is 79.9. The highest BCUT2D eigenvalue weighted by Crippen LogP contribution is 2.24. The Balaban J connectivity index is 1.97. The SMILES string of the molecule is CCCNCCCn1ccc2c(Br)cccc21. The maximum absolute atomic E-state index is 3.59. The monoisotopic (exact) mass is 294 g/mol. The number of hydrogen-bond acceptors (Lipinski definition) is 1. The van der Waals surface area contributed by atoms with E-state index in [2.05, 4.69) is 63.2 Å². The van der Waals surface area contributed by atoms with Crippen LogP contribution in [0.4, 0.5) is 0 Å². The quantitative estimate of drug-likeness (QED) is 0.802. The number of aromatic nitrogens is 1. The molecule has 0 atom stereocenters. The molecule has 2 rings (SSSR count). The molecule has 17 heavy (non-hydrogen) atoms. The molecule has 0 bridgehead atoms. The van der Waals surface area contributed by atoms with Gasteiger partial charge in [0, 0.05) is 28.1 Å². The van der Waals surface area contributed by atoms with Gasteiger partial charge >= 0.3 is 0 Å². The molecule has 92 valence electrons. The Morgan fingerprint density at radius 2 is 2.12 bits per heavy atom. The molecule has 3 heteroatoms. The van der Waals surface area contributed by atoms with Crippen LogP contribution < -0.4 is 5.32 Å². The molecule has 1 N–H and O–H groups in total. The van der Waals surface area contributed by atoms with Crippen molar-refractivity contribution in [3.63, 3.8) is 0 Å². The number of benzene rings is 1. The number of nitrogens with zero attached hydrogens (tertiary/aromatic N) is 1. The fourth-order valence-electron chi connectivity index (χ4n) is 2.06. The van der Waals surface area contributed by atoms with Crippen LogP contribution in [0.25, 0.3) is 10.9 Å². The molecular formula is C14H19BrN2. The first-order valence-electron chi connectivity index (χ1n) is 6.27. The number of halogens is 1. The molecule has 0 aliphatic carbocycles. The lowest BCUT2D eigenvalue weighted by Gasteiger charge is -2.06. The van der Waals surface area contributed by atoms with Gasteiger partial charge in [0.25, 0.3) is 0 Å². The summed E-state index contributed by atoms with van der Waals surface area (Å²) in [5.41, 5.74) is 1.31. The molecular weight excluding hydrogens is 276 g/mol. The van der Waals surface area contributed by atoms with Crippen LogP contribution in [-0.2, 0) is 6.54 Å². The van der Waals surface area contributed by atoms with Gasteiger partial charge in [0.2, 0.25) is 0 Å². The molecule has 1 aromatic carbocycles. The highest BCUT2D eigenvalue weighted by Gasteiger charge is 2.02. The van der Waals surface area contributed by atoms with Crippen molar-refractivity contribution in [3.05, 3.63) is 34.9 Å². The third-order valence-corrected chi connectivity index (χ3v) is 3.63. The summed E-state index contributed by atoms with van der Waals surface area (Å²) in [6, 6.07) is 8.55. The predicted octanol–water partition coefficient (Wildman–Crippen LogP) is 3.79. The van der Waals surface area contributed by atoms with Crippen LogP contribution in [0.3, 0.4) is 0 Å². The van der Waals surface area contributed by atoms with E-state index in [-0.39, 0.29) is 0 Å². The molecule has 0 unspecified atom stereocenters. The van der Waals surface area contributed by atoms with Crippen molar-refractivity contribution in [1.82, 2.24) is 9.88 Å². The Morgan fingerprint density at radius 3 is 2.94 bits per heavy atom. The van der Waals surface area contributed by atoms with Gasteiger partial charge in [-0.05, 0) is 44.1 Å². The average molecular weight is 295 g/mol. The van der Waals surface area contributed by atoms with E-state index in [0.29, 0.717) is 0 Å². The molecule has 0 saturated carbocycles. The van der Waals surface area contributed by atoms with Crippen LogP contribution in [0.1, 0.15) is 19.8 Å². The lowest BCUT2D eigenvalue weighted by atomic mass is 10.2. The molecule has 0 saturated heterocycles. The zero-order valence-electron chi connectivity index (χ0n) is 10.2. The molecule has 0 aliphatic heterocycles. The van der Waals surface area contributed by atoms with E-state index >= 15 is 0 Å². The van der Waals surface area contributed by atoms with E-state index in [1.807, 2.05) is 0 Å². The summed E-state index contributed by atoms with van der Waals surface area (Å²) in [5, 5.41) is 4.73. The molecule has 2 nitrogen and oxygen atoms in total. The van der Waals surface area contributed by atoms with Gasteiger partial charge in [-0.3, -0.25) is 0 Å². The van der Waals surface area contributed by atoms with Crippen LogP contribution >= 0.6 is 15.9 Å². The fraction of sp³-hybridized carbons (Fsp3) is 0.429. The Labute approximate surface area is 111 Å². The summed E-state index contributed by atoms with van der Waals surface area (Å²) in [4.78, 5) is 0. The molecule has 2 aromatic rings. The number of aryl methyl sites for hydroxylation is 1. The normalized spacial score (nSPS) is 11.2. The highest BCUT2D eigenvalue weighted by molar-refractivity contribution is 9.10. The summed E-state index contributed by atoms with van der Waals surface area (Å²) in [7, 11) is 0. The first-order chi connectivity index (χ1) is 8.33. The van der Waals surface area contributed by atoms with Gasteiger partial charge in [0.15, 0.2) is 0 Å². The van der Waals surface area contributed by atoms with Crippen LogP contribution in [0, 0.1) is 0 Å². The van der Waals surface area contributed by atoms with Gasteiger partial charge in [-0.2, -0.15) is 0 Å². The molecule has 0 amide bonds. The summed E-state index contributed by atoms with van der Waals surface area (Å²) >= 11 is 3.59. The van der Waals surface area contributed by atoms with Crippen molar-refractivity contribution in [2.45, 2.75) is 26.3 Å². The van der Waals surface area contributed by atoms with E-state index in [0.717, 1.165) is 19.6 Å². The van der Waals surface area contributed by atoms with Crippen molar-refractivity contribution in [2.75, 3.05) is 13.1 Å². The third-order valence-electron chi connectivity index (χ3n) is 2.94. The summed E-state index contributed by atoms with van der Waals surface area (Å²) in [6.07, 6.45) is 4.56. The molecule has 0 spiro atoms. The lowest BCUT2D eigenvalue weighted by Crippen LogP contribution is -2.17. The minimum Gasteiger partial charge on any atom is -0.347 e. The minimum atomic E-state index is 1.08. The largest absolute Gasteiger partial charge is 0.347 e. The van der Waals surface area contributed by atoms with E-state index < -0.39 is 0 Å². The van der Waals surface area contributed by atoms with Gasteiger partial charge < -0.3 is 9.88 Å². The zero-order chi connectivity index (χ0) is 12.1. The van der Waals surface area contributed by atoms with E-state index in [1.165, 1.54) is 28.2 Å². The van der Waals surface area contributed by atoms with Gasteiger partial charge in [0.1, 0.15) is 0 Å². The number of fused-ring (bicyclic) bond motifs is 1. The molecule has 0 aliphatic rings. The Kier molecular flexibility index (Phi) is 4.63. The first-order valence-corrected chi connectivity index (χ1v) is 7.06. The average Bonchev–Trinajstić information content (AvgIpc) is 2.74. The Hall–Kier alpha value is -0.800. The fourth-order valence-corrected chi connectivity index (χ4v) is 2.54. The first kappa shape index (κ1) is 12.7.